The van der Waals surface area contributed by atoms with Crippen LogP contribution in [-0.4, -0.2) is 21.9 Å². The number of hydrogen-bond donors (Lipinski definition) is 1. The number of rotatable bonds is 4. The molecule has 0 spiro atoms. The van der Waals surface area contributed by atoms with Gasteiger partial charge in [-0.25, -0.2) is 4.98 Å². The van der Waals surface area contributed by atoms with Crippen LogP contribution in [0, 0.1) is 0 Å². The van der Waals surface area contributed by atoms with E-state index in [1.54, 1.807) is 18.0 Å². The summed E-state index contributed by atoms with van der Waals surface area (Å²) in [4.78, 5) is 4.21. The first-order chi connectivity index (χ1) is 7.79. The van der Waals surface area contributed by atoms with Crippen LogP contribution in [0.15, 0.2) is 30.7 Å². The van der Waals surface area contributed by atoms with Crippen LogP contribution in [0.2, 0.25) is 0 Å². The molecule has 5 heteroatoms. The Balaban J connectivity index is 2.04. The third-order valence-electron chi connectivity index (χ3n) is 2.21. The Hall–Kier alpha value is -2.04. The van der Waals surface area contributed by atoms with Gasteiger partial charge in [-0.05, 0) is 12.1 Å². The molecule has 84 valence electrons. The zero-order valence-corrected chi connectivity index (χ0v) is 9.34. The first-order valence-corrected chi connectivity index (χ1v) is 5.00. The van der Waals surface area contributed by atoms with Crippen LogP contribution in [0.25, 0.3) is 0 Å². The first kappa shape index (κ1) is 10.5. The number of anilines is 1. The molecule has 2 aromatic rings. The van der Waals surface area contributed by atoms with Crippen molar-refractivity contribution in [3.8, 4) is 5.75 Å². The molecular formula is C11H14N4O. The number of ether oxygens (including phenoxy) is 1. The van der Waals surface area contributed by atoms with E-state index in [2.05, 4.69) is 15.4 Å². The number of hydrogen-bond acceptors (Lipinski definition) is 4. The van der Waals surface area contributed by atoms with Gasteiger partial charge in [0.2, 0.25) is 0 Å². The fourth-order valence-corrected chi connectivity index (χ4v) is 1.44. The number of pyridine rings is 1. The van der Waals surface area contributed by atoms with Gasteiger partial charge in [-0.2, -0.15) is 5.10 Å². The van der Waals surface area contributed by atoms with Crippen molar-refractivity contribution in [2.24, 2.45) is 7.05 Å². The van der Waals surface area contributed by atoms with Crippen LogP contribution in [0.4, 0.5) is 5.82 Å². The molecule has 0 aliphatic heterocycles. The van der Waals surface area contributed by atoms with Crippen LogP contribution < -0.4 is 10.1 Å². The highest BCUT2D eigenvalue weighted by Gasteiger charge is 2.03. The predicted molar refractivity (Wildman–Crippen MR) is 61.3 cm³/mol. The molecule has 0 saturated carbocycles. The lowest BCUT2D eigenvalue weighted by molar-refractivity contribution is 0.415. The molecule has 16 heavy (non-hydrogen) atoms. The number of nitrogens with zero attached hydrogens (tertiary/aromatic N) is 3. The van der Waals surface area contributed by atoms with Crippen molar-refractivity contribution in [2.45, 2.75) is 6.54 Å². The van der Waals surface area contributed by atoms with Gasteiger partial charge >= 0.3 is 0 Å². The van der Waals surface area contributed by atoms with E-state index in [4.69, 9.17) is 4.74 Å². The third kappa shape index (κ3) is 2.31. The van der Waals surface area contributed by atoms with Crippen molar-refractivity contribution in [3.63, 3.8) is 0 Å². The van der Waals surface area contributed by atoms with Gasteiger partial charge in [-0.1, -0.05) is 0 Å². The average Bonchev–Trinajstić information content (AvgIpc) is 2.73. The fourth-order valence-electron chi connectivity index (χ4n) is 1.44. The molecular weight excluding hydrogens is 204 g/mol. The van der Waals surface area contributed by atoms with Crippen molar-refractivity contribution in [1.82, 2.24) is 14.8 Å². The lowest BCUT2D eigenvalue weighted by atomic mass is 10.3. The van der Waals surface area contributed by atoms with E-state index in [1.165, 1.54) is 0 Å². The van der Waals surface area contributed by atoms with Crippen LogP contribution in [-0.2, 0) is 13.6 Å². The number of nitrogens with one attached hydrogen (secondary N) is 1. The van der Waals surface area contributed by atoms with Crippen LogP contribution in [0.1, 0.15) is 5.56 Å². The Morgan fingerprint density at radius 3 is 3.06 bits per heavy atom. The van der Waals surface area contributed by atoms with Gasteiger partial charge in [0.15, 0.2) is 11.6 Å². The molecule has 2 rings (SSSR count). The minimum atomic E-state index is 0.682. The molecule has 0 aliphatic carbocycles. The second kappa shape index (κ2) is 4.65. The van der Waals surface area contributed by atoms with E-state index < -0.39 is 0 Å². The van der Waals surface area contributed by atoms with Gasteiger partial charge < -0.3 is 10.1 Å². The van der Waals surface area contributed by atoms with Gasteiger partial charge in [0.1, 0.15) is 0 Å². The first-order valence-electron chi connectivity index (χ1n) is 5.00. The topological polar surface area (TPSA) is 52.0 Å². The molecule has 0 unspecified atom stereocenters. The number of methoxy groups -OCH3 is 1. The van der Waals surface area contributed by atoms with Crippen molar-refractivity contribution < 1.29 is 4.74 Å². The molecule has 0 saturated heterocycles. The van der Waals surface area contributed by atoms with Crippen molar-refractivity contribution in [1.29, 1.82) is 0 Å². The van der Waals surface area contributed by atoms with Gasteiger partial charge in [0.05, 0.1) is 13.3 Å². The molecule has 2 aromatic heterocycles. The normalized spacial score (nSPS) is 10.1. The summed E-state index contributed by atoms with van der Waals surface area (Å²) in [5.41, 5.74) is 1.11. The summed E-state index contributed by atoms with van der Waals surface area (Å²) in [7, 11) is 3.52. The summed E-state index contributed by atoms with van der Waals surface area (Å²) in [6, 6.07) is 3.71. The predicted octanol–water partition coefficient (Wildman–Crippen LogP) is 1.44. The SMILES string of the molecule is COc1cccnc1NCc1cnn(C)c1. The van der Waals surface area contributed by atoms with Crippen molar-refractivity contribution in [3.05, 3.63) is 36.3 Å². The summed E-state index contributed by atoms with van der Waals surface area (Å²) < 4.78 is 6.96. The highest BCUT2D eigenvalue weighted by Crippen LogP contribution is 2.20. The van der Waals surface area contributed by atoms with Gasteiger partial charge in [-0.3, -0.25) is 4.68 Å². The maximum atomic E-state index is 5.19. The molecule has 0 atom stereocenters. The van der Waals surface area contributed by atoms with Crippen LogP contribution in [0.5, 0.6) is 5.75 Å². The molecule has 5 nitrogen and oxygen atoms in total. The van der Waals surface area contributed by atoms with Crippen LogP contribution in [0.3, 0.4) is 0 Å². The monoisotopic (exact) mass is 218 g/mol. The molecule has 2 heterocycles. The number of aryl methyl sites for hydroxylation is 1. The zero-order valence-electron chi connectivity index (χ0n) is 9.34. The molecule has 0 amide bonds. The minimum absolute atomic E-state index is 0.682. The quantitative estimate of drug-likeness (QED) is 0.843. The minimum Gasteiger partial charge on any atom is -0.493 e. The van der Waals surface area contributed by atoms with Crippen molar-refractivity contribution >= 4 is 5.82 Å². The summed E-state index contributed by atoms with van der Waals surface area (Å²) in [6.07, 6.45) is 5.51. The largest absolute Gasteiger partial charge is 0.493 e. The highest BCUT2D eigenvalue weighted by molar-refractivity contribution is 5.49. The molecule has 0 radical (unpaired) electrons. The van der Waals surface area contributed by atoms with E-state index in [9.17, 15) is 0 Å². The molecule has 1 N–H and O–H groups in total. The Morgan fingerprint density at radius 1 is 1.50 bits per heavy atom. The van der Waals surface area contributed by atoms with E-state index in [0.29, 0.717) is 6.54 Å². The van der Waals surface area contributed by atoms with Gasteiger partial charge in [0, 0.05) is 31.5 Å². The maximum absolute atomic E-state index is 5.19. The zero-order chi connectivity index (χ0) is 11.4. The fraction of sp³-hybridized carbons (Fsp3) is 0.273. The smallest absolute Gasteiger partial charge is 0.169 e. The van der Waals surface area contributed by atoms with E-state index in [0.717, 1.165) is 17.1 Å². The maximum Gasteiger partial charge on any atom is 0.169 e. The molecule has 0 aliphatic rings. The van der Waals surface area contributed by atoms with E-state index in [-0.39, 0.29) is 0 Å². The van der Waals surface area contributed by atoms with E-state index >= 15 is 0 Å². The highest BCUT2D eigenvalue weighted by atomic mass is 16.5. The summed E-state index contributed by atoms with van der Waals surface area (Å²) in [5.74, 6) is 1.49. The third-order valence-corrected chi connectivity index (χ3v) is 2.21. The van der Waals surface area contributed by atoms with Gasteiger partial charge in [-0.15, -0.1) is 0 Å². The number of aromatic nitrogens is 3. The summed E-state index contributed by atoms with van der Waals surface area (Å²) >= 11 is 0. The van der Waals surface area contributed by atoms with Crippen LogP contribution >= 0.6 is 0 Å². The molecule has 0 aromatic carbocycles. The second-order valence-electron chi connectivity index (χ2n) is 3.43. The lowest BCUT2D eigenvalue weighted by Gasteiger charge is -2.08. The lowest BCUT2D eigenvalue weighted by Crippen LogP contribution is -2.02. The summed E-state index contributed by atoms with van der Waals surface area (Å²) in [5, 5.41) is 7.30. The van der Waals surface area contributed by atoms with Crippen molar-refractivity contribution in [2.75, 3.05) is 12.4 Å². The van der Waals surface area contributed by atoms with Gasteiger partial charge in [0.25, 0.3) is 0 Å². The Bertz CT molecular complexity index is 467. The average molecular weight is 218 g/mol. The molecule has 0 bridgehead atoms. The Labute approximate surface area is 94.1 Å². The van der Waals surface area contributed by atoms with E-state index in [1.807, 2.05) is 31.6 Å². The second-order valence-corrected chi connectivity index (χ2v) is 3.43. The Kier molecular flexibility index (Phi) is 3.05. The summed E-state index contributed by atoms with van der Waals surface area (Å²) in [6.45, 7) is 0.682. The standard InChI is InChI=1S/C11H14N4O/c1-15-8-9(7-14-15)6-13-11-10(16-2)4-3-5-12-11/h3-5,7-8H,6H2,1-2H3,(H,12,13). The molecule has 0 fully saturated rings. The Morgan fingerprint density at radius 2 is 2.38 bits per heavy atom.